The minimum Gasteiger partial charge on any atom is -0.299 e. The summed E-state index contributed by atoms with van der Waals surface area (Å²) < 4.78 is 7.47. The quantitative estimate of drug-likeness (QED) is 0.534. The number of likely N-dealkylation sites (N-methyl/N-ethyl adjacent to an activating group) is 1. The van der Waals surface area contributed by atoms with E-state index in [2.05, 4.69) is 85.0 Å². The van der Waals surface area contributed by atoms with E-state index >= 15 is 0 Å². The highest BCUT2D eigenvalue weighted by molar-refractivity contribution is 7.50. The van der Waals surface area contributed by atoms with Crippen molar-refractivity contribution in [2.75, 3.05) is 58.9 Å². The summed E-state index contributed by atoms with van der Waals surface area (Å²) in [7, 11) is -0.626. The molecule has 3 rings (SSSR count). The van der Waals surface area contributed by atoms with Gasteiger partial charge in [-0.2, -0.15) is 0 Å². The first-order chi connectivity index (χ1) is 13.3. The Morgan fingerprint density at radius 3 is 1.59 bits per heavy atom. The maximum absolute atomic E-state index is 5.14. The van der Waals surface area contributed by atoms with E-state index in [0.717, 1.165) is 45.8 Å². The average molecular weight is 374 g/mol. The Hall–Kier alpha value is -2.37. The molecule has 0 amide bonds. The van der Waals surface area contributed by atoms with Crippen molar-refractivity contribution < 1.29 is 0 Å². The molecule has 0 spiro atoms. The lowest BCUT2D eigenvalue weighted by Crippen LogP contribution is -2.52. The van der Waals surface area contributed by atoms with Gasteiger partial charge in [-0.25, -0.2) is 9.34 Å². The number of hydrogen-bond donors (Lipinski definition) is 0. The van der Waals surface area contributed by atoms with Gasteiger partial charge in [0, 0.05) is 45.8 Å². The second-order valence-corrected chi connectivity index (χ2v) is 8.06. The Morgan fingerprint density at radius 2 is 1.15 bits per heavy atom. The second-order valence-electron chi connectivity index (χ2n) is 5.82. The smallest absolute Gasteiger partial charge is 0.122 e. The van der Waals surface area contributed by atoms with Gasteiger partial charge in [-0.3, -0.25) is 9.57 Å². The number of fused-ring (bicyclic) bond motifs is 6. The first-order valence-corrected chi connectivity index (χ1v) is 10.1. The van der Waals surface area contributed by atoms with Crippen LogP contribution in [0.5, 0.6) is 0 Å². The lowest BCUT2D eigenvalue weighted by Gasteiger charge is -2.49. The number of hydrogen-bond acceptors (Lipinski definition) is 4. The van der Waals surface area contributed by atoms with Crippen molar-refractivity contribution in [1.82, 2.24) is 18.9 Å². The summed E-state index contributed by atoms with van der Waals surface area (Å²) in [5.41, 5.74) is 0. The third-order valence-electron chi connectivity index (χ3n) is 4.24. The average Bonchev–Trinajstić information content (AvgIpc) is 2.64. The molecule has 5 heteroatoms. The van der Waals surface area contributed by atoms with Gasteiger partial charge in [-0.05, 0) is 47.4 Å². The van der Waals surface area contributed by atoms with Crippen LogP contribution in [0.1, 0.15) is 6.92 Å². The highest BCUT2D eigenvalue weighted by Gasteiger charge is 2.34. The molecule has 0 N–H and O–H groups in total. The minimum atomic E-state index is -0.626. The summed E-state index contributed by atoms with van der Waals surface area (Å²) >= 11 is 0. The summed E-state index contributed by atoms with van der Waals surface area (Å²) in [6.07, 6.45) is 10.3. The van der Waals surface area contributed by atoms with Gasteiger partial charge in [0.1, 0.15) is 8.37 Å². The lowest BCUT2D eigenvalue weighted by molar-refractivity contribution is 0.176. The van der Waals surface area contributed by atoms with E-state index in [-0.39, 0.29) is 0 Å². The molecule has 0 unspecified atom stereocenters. The molecule has 3 saturated heterocycles. The van der Waals surface area contributed by atoms with Crippen LogP contribution in [0.15, 0.2) is 0 Å². The van der Waals surface area contributed by atoms with E-state index in [9.17, 15) is 0 Å². The van der Waals surface area contributed by atoms with Crippen molar-refractivity contribution in [1.29, 1.82) is 0 Å². The van der Waals surface area contributed by atoms with Crippen molar-refractivity contribution in [2.24, 2.45) is 0 Å². The Balaban J connectivity index is 2.22. The molecule has 3 fully saturated rings. The van der Waals surface area contributed by atoms with Gasteiger partial charge in [0.15, 0.2) is 0 Å². The van der Waals surface area contributed by atoms with Gasteiger partial charge in [-0.1, -0.05) is 18.8 Å². The van der Waals surface area contributed by atoms with Crippen molar-refractivity contribution >= 4 is 8.37 Å². The van der Waals surface area contributed by atoms with Crippen LogP contribution >= 0.6 is 8.37 Å². The molecule has 0 aromatic heterocycles. The van der Waals surface area contributed by atoms with Crippen molar-refractivity contribution in [3.05, 3.63) is 0 Å². The molecule has 3 heterocycles. The maximum atomic E-state index is 5.14. The summed E-state index contributed by atoms with van der Waals surface area (Å²) in [4.78, 5) is 2.52. The predicted octanol–water partition coefficient (Wildman–Crippen LogP) is 0.748. The SMILES string of the molecule is C#CC#CC#CCN1CCN2CCN(CC)P1N(CC#CC#CC#C)CC2. The van der Waals surface area contributed by atoms with Crippen LogP contribution in [0.3, 0.4) is 0 Å². The molecule has 0 aliphatic carbocycles. The first-order valence-electron chi connectivity index (χ1n) is 8.94. The molecule has 0 aromatic carbocycles. The fraction of sp³-hybridized carbons (Fsp3) is 0.455. The van der Waals surface area contributed by atoms with Crippen LogP contribution < -0.4 is 0 Å². The van der Waals surface area contributed by atoms with Crippen LogP contribution in [-0.2, 0) is 0 Å². The molecule has 0 radical (unpaired) electrons. The zero-order chi connectivity index (χ0) is 19.3. The lowest BCUT2D eigenvalue weighted by atomic mass is 10.4. The van der Waals surface area contributed by atoms with Crippen LogP contribution in [0.25, 0.3) is 0 Å². The molecule has 2 bridgehead atoms. The highest BCUT2D eigenvalue weighted by atomic mass is 31.2. The van der Waals surface area contributed by atoms with E-state index in [4.69, 9.17) is 12.8 Å². The van der Waals surface area contributed by atoms with Gasteiger partial charge in [0.25, 0.3) is 0 Å². The largest absolute Gasteiger partial charge is 0.299 e. The van der Waals surface area contributed by atoms with Crippen LogP contribution in [-0.4, -0.2) is 77.8 Å². The molecule has 27 heavy (non-hydrogen) atoms. The van der Waals surface area contributed by atoms with Crippen LogP contribution in [0.2, 0.25) is 0 Å². The highest BCUT2D eigenvalue weighted by Crippen LogP contribution is 2.48. The fourth-order valence-electron chi connectivity index (χ4n) is 2.96. The normalized spacial score (nSPS) is 22.3. The summed E-state index contributed by atoms with van der Waals surface area (Å²) in [5, 5.41) is 0. The Labute approximate surface area is 165 Å². The van der Waals surface area contributed by atoms with E-state index < -0.39 is 8.37 Å². The second kappa shape index (κ2) is 12.1. The zero-order valence-electron chi connectivity index (χ0n) is 15.8. The van der Waals surface area contributed by atoms with Gasteiger partial charge < -0.3 is 0 Å². The fourth-order valence-corrected chi connectivity index (χ4v) is 5.49. The van der Waals surface area contributed by atoms with Gasteiger partial charge in [0.05, 0.1) is 13.1 Å². The monoisotopic (exact) mass is 374 g/mol. The van der Waals surface area contributed by atoms with Gasteiger partial charge in [0.2, 0.25) is 0 Å². The third kappa shape index (κ3) is 6.70. The molecule has 3 aliphatic rings. The summed E-state index contributed by atoms with van der Waals surface area (Å²) in [6, 6.07) is 0. The van der Waals surface area contributed by atoms with Crippen molar-refractivity contribution in [3.8, 4) is 72.1 Å². The minimum absolute atomic E-state index is 0.626. The van der Waals surface area contributed by atoms with E-state index in [1.54, 1.807) is 0 Å². The van der Waals surface area contributed by atoms with Crippen molar-refractivity contribution in [3.63, 3.8) is 0 Å². The van der Waals surface area contributed by atoms with Gasteiger partial charge >= 0.3 is 0 Å². The molecule has 4 nitrogen and oxygen atoms in total. The molecular formula is C22H23N4P. The molecule has 0 aromatic rings. The molecule has 136 valence electrons. The third-order valence-corrected chi connectivity index (χ3v) is 6.92. The number of nitrogens with zero attached hydrogens (tertiary/aromatic N) is 4. The van der Waals surface area contributed by atoms with Crippen LogP contribution in [0.4, 0.5) is 0 Å². The summed E-state index contributed by atoms with van der Waals surface area (Å²) in [6.45, 7) is 10.9. The van der Waals surface area contributed by atoms with E-state index in [1.807, 2.05) is 0 Å². The molecular weight excluding hydrogens is 351 g/mol. The maximum Gasteiger partial charge on any atom is 0.122 e. The Kier molecular flexibility index (Phi) is 9.38. The predicted molar refractivity (Wildman–Crippen MR) is 113 cm³/mol. The van der Waals surface area contributed by atoms with Gasteiger partial charge in [-0.15, -0.1) is 12.8 Å². The zero-order valence-corrected chi connectivity index (χ0v) is 16.6. The molecule has 3 aliphatic heterocycles. The van der Waals surface area contributed by atoms with E-state index in [0.29, 0.717) is 13.1 Å². The number of rotatable bonds is 3. The van der Waals surface area contributed by atoms with E-state index in [1.165, 1.54) is 0 Å². The Morgan fingerprint density at radius 1 is 0.667 bits per heavy atom. The number of terminal acetylenes is 2. The Bertz CT molecular complexity index is 771. The standard InChI is InChI=1S/C22H23N4P/c1-4-7-9-11-13-15-25-21-18-23-17-20-24(6-3)27(25)26(22-19-23)16-14-12-10-8-5-2/h1-2H,6,15-22H2,3H3. The topological polar surface area (TPSA) is 13.0 Å². The first kappa shape index (κ1) is 20.9. The molecule has 0 saturated carbocycles. The van der Waals surface area contributed by atoms with Crippen LogP contribution in [0, 0.1) is 72.1 Å². The molecule has 0 atom stereocenters. The summed E-state index contributed by atoms with van der Waals surface area (Å²) in [5.74, 6) is 27.1. The van der Waals surface area contributed by atoms with Crippen molar-refractivity contribution in [2.45, 2.75) is 6.92 Å².